The van der Waals surface area contributed by atoms with Gasteiger partial charge in [-0.1, -0.05) is 17.7 Å². The Morgan fingerprint density at radius 3 is 2.62 bits per heavy atom. The highest BCUT2D eigenvalue weighted by molar-refractivity contribution is 6.30. The first-order chi connectivity index (χ1) is 7.61. The molecule has 3 heteroatoms. The molecule has 0 spiro atoms. The molecule has 0 saturated heterocycles. The minimum Gasteiger partial charge on any atom is -0.236 e. The highest BCUT2D eigenvalue weighted by Crippen LogP contribution is 2.24. The van der Waals surface area contributed by atoms with E-state index in [1.807, 2.05) is 0 Å². The molecular weight excluding hydrogens is 241 g/mol. The molecule has 2 rings (SSSR count). The average Bonchev–Trinajstić information content (AvgIpc) is 2.20. The Bertz CT molecular complexity index is 535. The molecule has 0 atom stereocenters. The van der Waals surface area contributed by atoms with Gasteiger partial charge in [0, 0.05) is 11.3 Å². The number of aromatic nitrogens is 1. The van der Waals surface area contributed by atoms with Crippen LogP contribution in [-0.4, -0.2) is 10.9 Å². The van der Waals surface area contributed by atoms with Crippen LogP contribution in [0, 0.1) is 13.8 Å². The van der Waals surface area contributed by atoms with Gasteiger partial charge in [-0.2, -0.15) is 0 Å². The second-order valence-corrected chi connectivity index (χ2v) is 4.76. The van der Waals surface area contributed by atoms with Gasteiger partial charge >= 0.3 is 0 Å². The summed E-state index contributed by atoms with van der Waals surface area (Å²) in [7, 11) is 0. The molecule has 0 N–H and O–H groups in total. The van der Waals surface area contributed by atoms with Gasteiger partial charge < -0.3 is 0 Å². The van der Waals surface area contributed by atoms with Gasteiger partial charge in [-0.05, 0) is 49.1 Å². The quantitative estimate of drug-likeness (QED) is 0.575. The predicted molar refractivity (Wildman–Crippen MR) is 70.7 cm³/mol. The molecule has 1 nitrogen and oxygen atoms in total. The van der Waals surface area contributed by atoms with Crippen LogP contribution in [0.4, 0.5) is 0 Å². The van der Waals surface area contributed by atoms with Gasteiger partial charge in [0.1, 0.15) is 5.15 Å². The van der Waals surface area contributed by atoms with E-state index in [0.717, 1.165) is 22.9 Å². The van der Waals surface area contributed by atoms with E-state index in [0.29, 0.717) is 11.0 Å². The maximum absolute atomic E-state index is 6.12. The fourth-order valence-electron chi connectivity index (χ4n) is 1.93. The number of pyridine rings is 1. The van der Waals surface area contributed by atoms with Crippen molar-refractivity contribution < 1.29 is 0 Å². The summed E-state index contributed by atoms with van der Waals surface area (Å²) >= 11 is 11.9. The molecule has 0 radical (unpaired) electrons. The maximum atomic E-state index is 6.12. The van der Waals surface area contributed by atoms with Gasteiger partial charge in [-0.25, -0.2) is 4.98 Å². The summed E-state index contributed by atoms with van der Waals surface area (Å²) in [6.07, 6.45) is 0.761. The first-order valence-electron chi connectivity index (χ1n) is 5.24. The van der Waals surface area contributed by atoms with Crippen molar-refractivity contribution in [2.24, 2.45) is 0 Å². The van der Waals surface area contributed by atoms with E-state index in [-0.39, 0.29) is 0 Å². The molecule has 0 aliphatic carbocycles. The Kier molecular flexibility index (Phi) is 3.36. The van der Waals surface area contributed by atoms with Crippen molar-refractivity contribution >= 4 is 34.1 Å². The molecule has 2 aromatic rings. The molecular formula is C13H13Cl2N. The molecule has 0 saturated carbocycles. The van der Waals surface area contributed by atoms with Gasteiger partial charge in [0.15, 0.2) is 0 Å². The van der Waals surface area contributed by atoms with Crippen molar-refractivity contribution in [3.8, 4) is 0 Å². The van der Waals surface area contributed by atoms with E-state index in [1.165, 1.54) is 11.1 Å². The summed E-state index contributed by atoms with van der Waals surface area (Å²) in [5.74, 6) is 0.567. The molecule has 1 aromatic heterocycles. The summed E-state index contributed by atoms with van der Waals surface area (Å²) in [6, 6.07) is 6.31. The van der Waals surface area contributed by atoms with Crippen molar-refractivity contribution in [3.05, 3.63) is 40.0 Å². The number of rotatable bonds is 2. The third kappa shape index (κ3) is 2.16. The van der Waals surface area contributed by atoms with Gasteiger partial charge in [-0.15, -0.1) is 11.6 Å². The van der Waals surface area contributed by atoms with Gasteiger partial charge in [0.05, 0.1) is 5.52 Å². The van der Waals surface area contributed by atoms with Gasteiger partial charge in [-0.3, -0.25) is 0 Å². The predicted octanol–water partition coefficient (Wildman–Crippen LogP) is 4.29. The lowest BCUT2D eigenvalue weighted by molar-refractivity contribution is 1.13. The van der Waals surface area contributed by atoms with Gasteiger partial charge in [0.25, 0.3) is 0 Å². The van der Waals surface area contributed by atoms with E-state index in [2.05, 4.69) is 37.0 Å². The number of hydrogen-bond acceptors (Lipinski definition) is 1. The number of alkyl halides is 1. The Morgan fingerprint density at radius 1 is 1.19 bits per heavy atom. The highest BCUT2D eigenvalue weighted by atomic mass is 35.5. The zero-order valence-corrected chi connectivity index (χ0v) is 10.9. The van der Waals surface area contributed by atoms with E-state index in [1.54, 1.807) is 0 Å². The number of fused-ring (bicyclic) bond motifs is 1. The van der Waals surface area contributed by atoms with Crippen molar-refractivity contribution in [2.75, 3.05) is 5.88 Å². The van der Waals surface area contributed by atoms with Crippen LogP contribution >= 0.6 is 23.2 Å². The highest BCUT2D eigenvalue weighted by Gasteiger charge is 2.06. The molecule has 0 bridgehead atoms. The first kappa shape index (κ1) is 11.7. The Morgan fingerprint density at radius 2 is 1.94 bits per heavy atom. The van der Waals surface area contributed by atoms with E-state index in [9.17, 15) is 0 Å². The number of halogens is 2. The molecule has 1 heterocycles. The molecule has 1 aromatic carbocycles. The normalized spacial score (nSPS) is 11.0. The van der Waals surface area contributed by atoms with Crippen molar-refractivity contribution in [1.29, 1.82) is 0 Å². The summed E-state index contributed by atoms with van der Waals surface area (Å²) in [4.78, 5) is 4.42. The summed E-state index contributed by atoms with van der Waals surface area (Å²) in [5, 5.41) is 1.73. The Labute approximate surface area is 105 Å². The minimum atomic E-state index is 0.567. The SMILES string of the molecule is Cc1cc(C)c2cc(CCCl)c(Cl)nc2c1. The lowest BCUT2D eigenvalue weighted by atomic mass is 10.0. The van der Waals surface area contributed by atoms with Crippen LogP contribution in [0.2, 0.25) is 5.15 Å². The maximum Gasteiger partial charge on any atom is 0.133 e. The second kappa shape index (κ2) is 4.60. The molecule has 84 valence electrons. The van der Waals surface area contributed by atoms with Crippen LogP contribution in [0.15, 0.2) is 18.2 Å². The fourth-order valence-corrected chi connectivity index (χ4v) is 2.37. The third-order valence-corrected chi connectivity index (χ3v) is 3.19. The molecule has 16 heavy (non-hydrogen) atoms. The smallest absolute Gasteiger partial charge is 0.133 e. The summed E-state index contributed by atoms with van der Waals surface area (Å²) in [5.41, 5.74) is 4.42. The molecule has 0 fully saturated rings. The van der Waals surface area contributed by atoms with Gasteiger partial charge in [0.2, 0.25) is 0 Å². The Hall–Kier alpha value is -0.790. The van der Waals surface area contributed by atoms with E-state index >= 15 is 0 Å². The summed E-state index contributed by atoms with van der Waals surface area (Å²) in [6.45, 7) is 4.16. The lowest BCUT2D eigenvalue weighted by Crippen LogP contribution is -1.93. The topological polar surface area (TPSA) is 12.9 Å². The second-order valence-electron chi connectivity index (χ2n) is 4.03. The average molecular weight is 254 g/mol. The van der Waals surface area contributed by atoms with Crippen LogP contribution in [0.5, 0.6) is 0 Å². The Balaban J connectivity index is 2.69. The van der Waals surface area contributed by atoms with E-state index < -0.39 is 0 Å². The first-order valence-corrected chi connectivity index (χ1v) is 6.15. The monoisotopic (exact) mass is 253 g/mol. The van der Waals surface area contributed by atoms with Crippen LogP contribution in [0.25, 0.3) is 10.9 Å². The molecule has 0 aliphatic heterocycles. The number of nitrogens with zero attached hydrogens (tertiary/aromatic N) is 1. The zero-order chi connectivity index (χ0) is 11.7. The summed E-state index contributed by atoms with van der Waals surface area (Å²) < 4.78 is 0. The molecule has 0 aliphatic rings. The number of hydrogen-bond donors (Lipinski definition) is 0. The molecule has 0 unspecified atom stereocenters. The number of aryl methyl sites for hydroxylation is 3. The van der Waals surface area contributed by atoms with Crippen molar-refractivity contribution in [2.45, 2.75) is 20.3 Å². The largest absolute Gasteiger partial charge is 0.236 e. The van der Waals surface area contributed by atoms with Crippen LogP contribution < -0.4 is 0 Å². The fraction of sp³-hybridized carbons (Fsp3) is 0.308. The van der Waals surface area contributed by atoms with Crippen LogP contribution in [-0.2, 0) is 6.42 Å². The standard InChI is InChI=1S/C13H13Cl2N/c1-8-5-9(2)11-7-10(3-4-14)13(15)16-12(11)6-8/h5-7H,3-4H2,1-2H3. The van der Waals surface area contributed by atoms with Crippen molar-refractivity contribution in [1.82, 2.24) is 4.98 Å². The third-order valence-electron chi connectivity index (χ3n) is 2.68. The van der Waals surface area contributed by atoms with Crippen LogP contribution in [0.3, 0.4) is 0 Å². The van der Waals surface area contributed by atoms with E-state index in [4.69, 9.17) is 23.2 Å². The molecule has 0 amide bonds. The number of benzene rings is 1. The van der Waals surface area contributed by atoms with Crippen molar-refractivity contribution in [3.63, 3.8) is 0 Å². The van der Waals surface area contributed by atoms with Crippen LogP contribution in [0.1, 0.15) is 16.7 Å². The lowest BCUT2D eigenvalue weighted by Gasteiger charge is -2.08. The zero-order valence-electron chi connectivity index (χ0n) is 9.35. The minimum absolute atomic E-state index is 0.567.